The van der Waals surface area contributed by atoms with Crippen molar-refractivity contribution in [2.45, 2.75) is 25.7 Å². The second-order valence-corrected chi connectivity index (χ2v) is 6.22. The zero-order chi connectivity index (χ0) is 19.2. The highest BCUT2D eigenvalue weighted by Gasteiger charge is 2.12. The van der Waals surface area contributed by atoms with Gasteiger partial charge in [-0.05, 0) is 49.2 Å². The number of carbonyl (C=O) groups is 1. The summed E-state index contributed by atoms with van der Waals surface area (Å²) in [4.78, 5) is 24.5. The molecule has 0 aliphatic carbocycles. The molecular formula is C21H20FNO4. The molecule has 6 heteroatoms. The van der Waals surface area contributed by atoms with Gasteiger partial charge in [0, 0.05) is 12.5 Å². The van der Waals surface area contributed by atoms with Crippen molar-refractivity contribution in [2.24, 2.45) is 5.73 Å². The fraction of sp³-hybridized carbons (Fsp3) is 0.238. The molecule has 0 unspecified atom stereocenters. The highest BCUT2D eigenvalue weighted by Crippen LogP contribution is 2.23. The molecular weight excluding hydrogens is 349 g/mol. The second kappa shape index (κ2) is 8.60. The Morgan fingerprint density at radius 1 is 1.07 bits per heavy atom. The number of hydrogen-bond acceptors (Lipinski definition) is 5. The zero-order valence-electron chi connectivity index (χ0n) is 14.7. The first-order chi connectivity index (χ1) is 13.1. The molecule has 1 aromatic heterocycles. The van der Waals surface area contributed by atoms with E-state index in [-0.39, 0.29) is 17.2 Å². The average Bonchev–Trinajstić information content (AvgIpc) is 2.66. The number of halogens is 1. The van der Waals surface area contributed by atoms with E-state index in [1.165, 1.54) is 36.6 Å². The normalized spacial score (nSPS) is 10.9. The van der Waals surface area contributed by atoms with Gasteiger partial charge >= 0.3 is 5.97 Å². The Hall–Kier alpha value is -2.99. The number of carbonyl (C=O) groups excluding carboxylic acids is 1. The van der Waals surface area contributed by atoms with Crippen LogP contribution in [0.2, 0.25) is 0 Å². The predicted octanol–water partition coefficient (Wildman–Crippen LogP) is 4.02. The summed E-state index contributed by atoms with van der Waals surface area (Å²) in [6.45, 7) is 0.610. The van der Waals surface area contributed by atoms with Crippen molar-refractivity contribution in [3.63, 3.8) is 0 Å². The van der Waals surface area contributed by atoms with Gasteiger partial charge in [0.05, 0.1) is 10.9 Å². The largest absolute Gasteiger partial charge is 0.463 e. The molecule has 0 radical (unpaired) electrons. The van der Waals surface area contributed by atoms with Gasteiger partial charge in [0.2, 0.25) is 0 Å². The number of unbranched alkanes of at least 4 members (excludes halogenated alkanes) is 2. The van der Waals surface area contributed by atoms with E-state index < -0.39 is 0 Å². The molecule has 1 heterocycles. The van der Waals surface area contributed by atoms with Crippen LogP contribution in [0.1, 0.15) is 25.7 Å². The standard InChI is InChI=1S/C21H20FNO4/c22-15-7-5-14(6-8-15)18-13-26-19-12-16(9-10-17(19)21(18)25)27-20(24)4-2-1-3-11-23/h5-10,12-13H,1-4,11,23H2. The minimum absolute atomic E-state index is 0.234. The molecule has 0 amide bonds. The zero-order valence-corrected chi connectivity index (χ0v) is 14.7. The summed E-state index contributed by atoms with van der Waals surface area (Å²) in [6, 6.07) is 10.3. The minimum atomic E-state index is -0.376. The third-order valence-corrected chi connectivity index (χ3v) is 4.22. The van der Waals surface area contributed by atoms with Gasteiger partial charge in [0.15, 0.2) is 5.43 Å². The van der Waals surface area contributed by atoms with Gasteiger partial charge in [-0.3, -0.25) is 9.59 Å². The van der Waals surface area contributed by atoms with Crippen LogP contribution < -0.4 is 15.9 Å². The average molecular weight is 369 g/mol. The van der Waals surface area contributed by atoms with E-state index in [9.17, 15) is 14.0 Å². The van der Waals surface area contributed by atoms with Gasteiger partial charge < -0.3 is 14.9 Å². The van der Waals surface area contributed by atoms with Crippen LogP contribution in [0.4, 0.5) is 4.39 Å². The van der Waals surface area contributed by atoms with Gasteiger partial charge in [-0.15, -0.1) is 0 Å². The molecule has 0 bridgehead atoms. The first kappa shape index (κ1) is 18.8. The topological polar surface area (TPSA) is 82.5 Å². The Labute approximate surface area is 155 Å². The molecule has 5 nitrogen and oxygen atoms in total. The first-order valence-electron chi connectivity index (χ1n) is 8.81. The number of fused-ring (bicyclic) bond motifs is 1. The molecule has 0 spiro atoms. The number of hydrogen-bond donors (Lipinski definition) is 1. The fourth-order valence-electron chi connectivity index (χ4n) is 2.77. The smallest absolute Gasteiger partial charge is 0.311 e. The van der Waals surface area contributed by atoms with Crippen LogP contribution >= 0.6 is 0 Å². The molecule has 0 aliphatic heterocycles. The van der Waals surface area contributed by atoms with Crippen molar-refractivity contribution in [1.82, 2.24) is 0 Å². The monoisotopic (exact) mass is 369 g/mol. The Morgan fingerprint density at radius 2 is 1.85 bits per heavy atom. The van der Waals surface area contributed by atoms with Gasteiger partial charge in [-0.25, -0.2) is 4.39 Å². The van der Waals surface area contributed by atoms with Crippen LogP contribution in [0, 0.1) is 5.82 Å². The molecule has 0 aliphatic rings. The third kappa shape index (κ3) is 4.60. The molecule has 2 aromatic carbocycles. The van der Waals surface area contributed by atoms with Gasteiger partial charge in [0.25, 0.3) is 0 Å². The van der Waals surface area contributed by atoms with Crippen LogP contribution in [0.3, 0.4) is 0 Å². The van der Waals surface area contributed by atoms with E-state index in [1.807, 2.05) is 0 Å². The van der Waals surface area contributed by atoms with E-state index in [2.05, 4.69) is 0 Å². The van der Waals surface area contributed by atoms with E-state index in [1.54, 1.807) is 12.1 Å². The molecule has 0 saturated carbocycles. The van der Waals surface area contributed by atoms with Crippen molar-refractivity contribution in [2.75, 3.05) is 6.54 Å². The number of ether oxygens (including phenoxy) is 1. The van der Waals surface area contributed by atoms with E-state index in [4.69, 9.17) is 14.9 Å². The Balaban J connectivity index is 1.79. The molecule has 2 N–H and O–H groups in total. The lowest BCUT2D eigenvalue weighted by atomic mass is 10.1. The molecule has 0 fully saturated rings. The molecule has 27 heavy (non-hydrogen) atoms. The van der Waals surface area contributed by atoms with Crippen LogP contribution in [-0.2, 0) is 4.79 Å². The minimum Gasteiger partial charge on any atom is -0.463 e. The van der Waals surface area contributed by atoms with Crippen molar-refractivity contribution in [3.05, 3.63) is 64.8 Å². The first-order valence-corrected chi connectivity index (χ1v) is 8.81. The quantitative estimate of drug-likeness (QED) is 0.386. The third-order valence-electron chi connectivity index (χ3n) is 4.22. The summed E-state index contributed by atoms with van der Waals surface area (Å²) >= 11 is 0. The van der Waals surface area contributed by atoms with E-state index in [0.717, 1.165) is 19.3 Å². The van der Waals surface area contributed by atoms with Gasteiger partial charge in [0.1, 0.15) is 23.4 Å². The Morgan fingerprint density at radius 3 is 2.59 bits per heavy atom. The summed E-state index contributed by atoms with van der Waals surface area (Å²) in [5.41, 5.74) is 6.41. The van der Waals surface area contributed by atoms with Crippen molar-refractivity contribution >= 4 is 16.9 Å². The van der Waals surface area contributed by atoms with Crippen LogP contribution in [0.25, 0.3) is 22.1 Å². The lowest BCUT2D eigenvalue weighted by molar-refractivity contribution is -0.134. The molecule has 0 atom stereocenters. The summed E-state index contributed by atoms with van der Waals surface area (Å²) in [5.74, 6) is -0.390. The molecule has 0 saturated heterocycles. The van der Waals surface area contributed by atoms with Gasteiger partial charge in [-0.2, -0.15) is 0 Å². The molecule has 3 rings (SSSR count). The highest BCUT2D eigenvalue weighted by atomic mass is 19.1. The maximum absolute atomic E-state index is 13.1. The van der Waals surface area contributed by atoms with Crippen LogP contribution in [0.5, 0.6) is 5.75 Å². The summed E-state index contributed by atoms with van der Waals surface area (Å²) in [5, 5.41) is 0.361. The summed E-state index contributed by atoms with van der Waals surface area (Å²) in [7, 11) is 0. The summed E-state index contributed by atoms with van der Waals surface area (Å²) < 4.78 is 23.9. The van der Waals surface area contributed by atoms with Crippen LogP contribution in [-0.4, -0.2) is 12.5 Å². The number of esters is 1. The summed E-state index contributed by atoms with van der Waals surface area (Å²) in [6.07, 6.45) is 4.12. The second-order valence-electron chi connectivity index (χ2n) is 6.22. The molecule has 3 aromatic rings. The van der Waals surface area contributed by atoms with Crippen molar-refractivity contribution < 1.29 is 18.3 Å². The lowest BCUT2D eigenvalue weighted by Crippen LogP contribution is -2.09. The predicted molar refractivity (Wildman–Crippen MR) is 101 cm³/mol. The highest BCUT2D eigenvalue weighted by molar-refractivity contribution is 5.83. The van der Waals surface area contributed by atoms with Gasteiger partial charge in [-0.1, -0.05) is 18.6 Å². The van der Waals surface area contributed by atoms with Crippen LogP contribution in [0.15, 0.2) is 57.9 Å². The molecule has 140 valence electrons. The maximum Gasteiger partial charge on any atom is 0.311 e. The SMILES string of the molecule is NCCCCCC(=O)Oc1ccc2c(=O)c(-c3ccc(F)cc3)coc2c1. The number of rotatable bonds is 7. The lowest BCUT2D eigenvalue weighted by Gasteiger charge is -2.06. The Bertz CT molecular complexity index is 995. The van der Waals surface area contributed by atoms with E-state index >= 15 is 0 Å². The maximum atomic E-state index is 13.1. The Kier molecular flexibility index (Phi) is 5.98. The number of nitrogens with two attached hydrogens (primary N) is 1. The fourth-order valence-corrected chi connectivity index (χ4v) is 2.77. The van der Waals surface area contributed by atoms with Crippen molar-refractivity contribution in [1.29, 1.82) is 0 Å². The van der Waals surface area contributed by atoms with Crippen molar-refractivity contribution in [3.8, 4) is 16.9 Å². The van der Waals surface area contributed by atoms with E-state index in [0.29, 0.717) is 40.8 Å². The number of benzene rings is 2.